The van der Waals surface area contributed by atoms with E-state index >= 15 is 0 Å². The number of rotatable bonds is 1. The van der Waals surface area contributed by atoms with Crippen molar-refractivity contribution in [2.75, 3.05) is 0 Å². The molecule has 0 heterocycles. The number of aliphatic hydroxyl groups excluding tert-OH is 2. The van der Waals surface area contributed by atoms with Crippen LogP contribution in [0.1, 0.15) is 99.3 Å². The first kappa shape index (κ1) is 23.9. The van der Waals surface area contributed by atoms with E-state index in [2.05, 4.69) is 47.6 Å². The van der Waals surface area contributed by atoms with Gasteiger partial charge in [0, 0.05) is 0 Å². The molecule has 4 heteroatoms. The van der Waals surface area contributed by atoms with Crippen molar-refractivity contribution in [3.63, 3.8) is 0 Å². The van der Waals surface area contributed by atoms with E-state index in [9.17, 15) is 20.1 Å². The van der Waals surface area contributed by atoms with E-state index in [0.717, 1.165) is 51.4 Å². The van der Waals surface area contributed by atoms with E-state index in [-0.39, 0.29) is 27.6 Å². The second kappa shape index (κ2) is 7.09. The molecule has 4 saturated carbocycles. The summed E-state index contributed by atoms with van der Waals surface area (Å²) in [6, 6.07) is 0. The SMILES string of the molecule is CC1CCCC2(C(=O)O)CCC3(C)C(=CCC4C5(C)CC(O)C(O)C(C)(C)C5CCC43C)C12. The molecule has 0 amide bonds. The van der Waals surface area contributed by atoms with Gasteiger partial charge in [0.05, 0.1) is 17.6 Å². The zero-order chi connectivity index (χ0) is 24.2. The number of allylic oxidation sites excluding steroid dienone is 2. The molecule has 0 aliphatic heterocycles. The number of carboxylic acids is 1. The fourth-order valence-corrected chi connectivity index (χ4v) is 10.9. The summed E-state index contributed by atoms with van der Waals surface area (Å²) in [5.74, 6) is 0.820. The number of aliphatic carboxylic acids is 1. The summed E-state index contributed by atoms with van der Waals surface area (Å²) in [5.41, 5.74) is 0.633. The van der Waals surface area contributed by atoms with Crippen LogP contribution in [0.5, 0.6) is 0 Å². The predicted molar refractivity (Wildman–Crippen MR) is 129 cm³/mol. The maximum Gasteiger partial charge on any atom is 0.310 e. The molecule has 4 fully saturated rings. The molecule has 0 spiro atoms. The number of hydrogen-bond acceptors (Lipinski definition) is 3. The van der Waals surface area contributed by atoms with Crippen molar-refractivity contribution in [3.05, 3.63) is 11.6 Å². The van der Waals surface area contributed by atoms with Crippen molar-refractivity contribution in [3.8, 4) is 0 Å². The van der Waals surface area contributed by atoms with Crippen molar-refractivity contribution in [2.24, 2.45) is 50.7 Å². The first-order chi connectivity index (χ1) is 15.3. The molecule has 5 rings (SSSR count). The van der Waals surface area contributed by atoms with Gasteiger partial charge in [0.15, 0.2) is 0 Å². The highest BCUT2D eigenvalue weighted by molar-refractivity contribution is 5.76. The number of hydrogen-bond donors (Lipinski definition) is 3. The predicted octanol–water partition coefficient (Wildman–Crippen LogP) is 5.81. The van der Waals surface area contributed by atoms with Crippen LogP contribution in [0, 0.1) is 50.7 Å². The molecule has 33 heavy (non-hydrogen) atoms. The van der Waals surface area contributed by atoms with Gasteiger partial charge in [-0.3, -0.25) is 4.79 Å². The van der Waals surface area contributed by atoms with Gasteiger partial charge in [-0.1, -0.05) is 66.0 Å². The Morgan fingerprint density at radius 1 is 0.970 bits per heavy atom. The molecule has 10 atom stereocenters. The van der Waals surface area contributed by atoms with Crippen LogP contribution in [0.2, 0.25) is 0 Å². The summed E-state index contributed by atoms with van der Waals surface area (Å²) in [6.45, 7) is 14.0. The highest BCUT2D eigenvalue weighted by Gasteiger charge is 2.70. The molecule has 5 aliphatic carbocycles. The molecule has 5 aliphatic rings. The Labute approximate surface area is 200 Å². The van der Waals surface area contributed by atoms with Gasteiger partial charge in [-0.05, 0) is 90.3 Å². The Bertz CT molecular complexity index is 877. The molecule has 4 nitrogen and oxygen atoms in total. The molecule has 10 unspecified atom stereocenters. The monoisotopic (exact) mass is 458 g/mol. The Kier molecular flexibility index (Phi) is 5.13. The highest BCUT2D eigenvalue weighted by Crippen LogP contribution is 2.75. The number of carboxylic acid groups (broad SMARTS) is 1. The van der Waals surface area contributed by atoms with E-state index in [0.29, 0.717) is 24.2 Å². The summed E-state index contributed by atoms with van der Waals surface area (Å²) >= 11 is 0. The molecule has 0 aromatic rings. The second-order valence-electron chi connectivity index (χ2n) is 14.1. The van der Waals surface area contributed by atoms with Crippen LogP contribution in [0.4, 0.5) is 0 Å². The van der Waals surface area contributed by atoms with Crippen molar-refractivity contribution in [1.82, 2.24) is 0 Å². The van der Waals surface area contributed by atoms with Gasteiger partial charge in [-0.15, -0.1) is 0 Å². The molecule has 0 aromatic carbocycles. The normalized spacial score (nSPS) is 55.3. The zero-order valence-electron chi connectivity index (χ0n) is 21.7. The molecule has 3 N–H and O–H groups in total. The lowest BCUT2D eigenvalue weighted by Crippen LogP contribution is -2.67. The molecule has 186 valence electrons. The first-order valence-electron chi connectivity index (χ1n) is 13.6. The van der Waals surface area contributed by atoms with Gasteiger partial charge >= 0.3 is 5.97 Å². The van der Waals surface area contributed by atoms with Gasteiger partial charge in [0.2, 0.25) is 0 Å². The number of carbonyl (C=O) groups is 1. The third-order valence-corrected chi connectivity index (χ3v) is 12.7. The minimum absolute atomic E-state index is 0.00424. The van der Waals surface area contributed by atoms with Crippen LogP contribution < -0.4 is 0 Å². The molecule has 0 bridgehead atoms. The zero-order valence-corrected chi connectivity index (χ0v) is 21.7. The lowest BCUT2D eigenvalue weighted by molar-refractivity contribution is -0.232. The van der Waals surface area contributed by atoms with Crippen LogP contribution in [-0.2, 0) is 4.79 Å². The highest BCUT2D eigenvalue weighted by atomic mass is 16.4. The van der Waals surface area contributed by atoms with E-state index in [1.54, 1.807) is 0 Å². The van der Waals surface area contributed by atoms with Crippen molar-refractivity contribution in [1.29, 1.82) is 0 Å². The van der Waals surface area contributed by atoms with Gasteiger partial charge in [-0.2, -0.15) is 0 Å². The summed E-state index contributed by atoms with van der Waals surface area (Å²) in [4.78, 5) is 12.7. The van der Waals surface area contributed by atoms with E-state index in [1.165, 1.54) is 5.57 Å². The van der Waals surface area contributed by atoms with Gasteiger partial charge in [0.1, 0.15) is 0 Å². The van der Waals surface area contributed by atoms with E-state index < -0.39 is 23.6 Å². The Balaban J connectivity index is 1.61. The third-order valence-electron chi connectivity index (χ3n) is 12.7. The van der Waals surface area contributed by atoms with Crippen LogP contribution in [-0.4, -0.2) is 33.5 Å². The van der Waals surface area contributed by atoms with Gasteiger partial charge < -0.3 is 15.3 Å². The summed E-state index contributed by atoms with van der Waals surface area (Å²) in [6.07, 6.45) is 9.71. The van der Waals surface area contributed by atoms with Gasteiger partial charge in [0.25, 0.3) is 0 Å². The van der Waals surface area contributed by atoms with Gasteiger partial charge in [-0.25, -0.2) is 0 Å². The van der Waals surface area contributed by atoms with Crippen LogP contribution in [0.15, 0.2) is 11.6 Å². The minimum atomic E-state index is -0.675. The average molecular weight is 459 g/mol. The first-order valence-corrected chi connectivity index (χ1v) is 13.6. The number of aliphatic hydroxyl groups is 2. The summed E-state index contributed by atoms with van der Waals surface area (Å²) in [5, 5.41) is 32.3. The molecular weight excluding hydrogens is 412 g/mol. The van der Waals surface area contributed by atoms with E-state index in [1.807, 2.05) is 0 Å². The Hall–Kier alpha value is -0.870. The molecule has 0 radical (unpaired) electrons. The Morgan fingerprint density at radius 3 is 2.33 bits per heavy atom. The maximum atomic E-state index is 12.7. The number of fused-ring (bicyclic) bond motifs is 7. The smallest absolute Gasteiger partial charge is 0.310 e. The fourth-order valence-electron chi connectivity index (χ4n) is 10.9. The molecule has 0 aromatic heterocycles. The van der Waals surface area contributed by atoms with Crippen LogP contribution in [0.3, 0.4) is 0 Å². The van der Waals surface area contributed by atoms with Crippen LogP contribution >= 0.6 is 0 Å². The second-order valence-corrected chi connectivity index (χ2v) is 14.1. The maximum absolute atomic E-state index is 12.7. The minimum Gasteiger partial charge on any atom is -0.481 e. The Morgan fingerprint density at radius 2 is 1.67 bits per heavy atom. The lowest BCUT2D eigenvalue weighted by Gasteiger charge is -2.71. The largest absolute Gasteiger partial charge is 0.481 e. The van der Waals surface area contributed by atoms with E-state index in [4.69, 9.17) is 0 Å². The topological polar surface area (TPSA) is 77.8 Å². The fraction of sp³-hybridized carbons (Fsp3) is 0.897. The lowest BCUT2D eigenvalue weighted by atomic mass is 9.33. The standard InChI is InChI=1S/C29H46O4/c1-17-8-7-12-29(24(32)33)15-14-27(5)18(22(17)29)9-10-21-26(4)16-19(30)23(31)25(2,3)20(26)11-13-28(21,27)6/h9,17,19-23,30-31H,7-8,10-16H2,1-6H3,(H,32,33). The van der Waals surface area contributed by atoms with Crippen molar-refractivity contribution >= 4 is 5.97 Å². The van der Waals surface area contributed by atoms with Crippen molar-refractivity contribution < 1.29 is 20.1 Å². The third kappa shape index (κ3) is 2.74. The molecule has 0 saturated heterocycles. The summed E-state index contributed by atoms with van der Waals surface area (Å²) in [7, 11) is 0. The summed E-state index contributed by atoms with van der Waals surface area (Å²) < 4.78 is 0. The quantitative estimate of drug-likeness (QED) is 0.433. The average Bonchev–Trinajstić information content (AvgIpc) is 2.72. The van der Waals surface area contributed by atoms with Crippen molar-refractivity contribution in [2.45, 2.75) is 112 Å². The molecular formula is C29H46O4. The van der Waals surface area contributed by atoms with Crippen LogP contribution in [0.25, 0.3) is 0 Å².